The van der Waals surface area contributed by atoms with Crippen LogP contribution in [0.3, 0.4) is 0 Å². The minimum Gasteiger partial charge on any atom is -0.875 e. The van der Waals surface area contributed by atoms with Gasteiger partial charge in [0, 0.05) is 15.9 Å². The topological polar surface area (TPSA) is 69.6 Å². The molecule has 3 rings (SSSR count). The van der Waals surface area contributed by atoms with Gasteiger partial charge in [-0.2, -0.15) is 4.40 Å². The van der Waals surface area contributed by atoms with Crippen LogP contribution in [0.25, 0.3) is 0 Å². The monoisotopic (exact) mass is 391 g/mol. The Bertz CT molecular complexity index is 950. The van der Waals surface area contributed by atoms with Crippen molar-refractivity contribution in [1.82, 2.24) is 0 Å². The van der Waals surface area contributed by atoms with Crippen LogP contribution >= 0.6 is 11.8 Å². The predicted molar refractivity (Wildman–Crippen MR) is 86.9 cm³/mol. The van der Waals surface area contributed by atoms with Crippen molar-refractivity contribution >= 4 is 27.5 Å². The van der Waals surface area contributed by atoms with Gasteiger partial charge in [0.2, 0.25) is 0 Å². The first-order chi connectivity index (χ1) is 11.2. The van der Waals surface area contributed by atoms with Gasteiger partial charge in [-0.25, -0.2) is 17.2 Å². The molecule has 0 bridgehead atoms. The van der Waals surface area contributed by atoms with Gasteiger partial charge in [-0.3, -0.25) is 0 Å². The molecule has 2 aliphatic carbocycles. The van der Waals surface area contributed by atoms with Crippen LogP contribution in [0, 0.1) is 11.6 Å². The Morgan fingerprint density at radius 3 is 2.56 bits per heavy atom. The van der Waals surface area contributed by atoms with Crippen molar-refractivity contribution in [3.05, 3.63) is 63.8 Å². The summed E-state index contributed by atoms with van der Waals surface area (Å²) in [6, 6.07) is 3.11. The van der Waals surface area contributed by atoms with Crippen molar-refractivity contribution in [2.75, 3.05) is 6.26 Å². The maximum absolute atomic E-state index is 13.9. The number of nitrogens with zero attached hydrogens (tertiary/aromatic N) is 1. The summed E-state index contributed by atoms with van der Waals surface area (Å²) < 4.78 is 53.6. The maximum atomic E-state index is 13.9. The number of rotatable bonds is 3. The molecule has 2 aliphatic rings. The van der Waals surface area contributed by atoms with Gasteiger partial charge < -0.3 is 5.11 Å². The van der Waals surface area contributed by atoms with Gasteiger partial charge in [-0.15, -0.1) is 5.76 Å². The minimum atomic E-state index is -3.67. The fourth-order valence-corrected chi connectivity index (χ4v) is 3.95. The molecule has 126 valence electrons. The molecular formula is C16H12F2NNaO3S2. The van der Waals surface area contributed by atoms with E-state index in [9.17, 15) is 22.3 Å². The number of halogens is 2. The molecular weight excluding hydrogens is 379 g/mol. The van der Waals surface area contributed by atoms with Crippen molar-refractivity contribution in [1.29, 1.82) is 0 Å². The first-order valence-corrected chi connectivity index (χ1v) is 9.65. The van der Waals surface area contributed by atoms with Gasteiger partial charge in [-0.1, -0.05) is 11.8 Å². The molecule has 0 aromatic heterocycles. The number of thioether (sulfide) groups is 1. The van der Waals surface area contributed by atoms with E-state index in [1.165, 1.54) is 12.1 Å². The van der Waals surface area contributed by atoms with Crippen LogP contribution in [-0.4, -0.2) is 20.4 Å². The van der Waals surface area contributed by atoms with E-state index < -0.39 is 21.7 Å². The molecule has 1 aromatic rings. The van der Waals surface area contributed by atoms with E-state index in [1.54, 1.807) is 6.08 Å². The molecule has 0 heterocycles. The summed E-state index contributed by atoms with van der Waals surface area (Å²) in [7, 11) is -3.67. The Hall–Kier alpha value is -0.930. The molecule has 0 aliphatic heterocycles. The molecule has 4 nitrogen and oxygen atoms in total. The van der Waals surface area contributed by atoms with E-state index in [1.807, 2.05) is 0 Å². The number of allylic oxidation sites excluding steroid dienone is 6. The van der Waals surface area contributed by atoms with Crippen molar-refractivity contribution in [2.45, 2.75) is 17.7 Å². The minimum absolute atomic E-state index is 0. The second-order valence-electron chi connectivity index (χ2n) is 5.40. The summed E-state index contributed by atoms with van der Waals surface area (Å²) in [5.41, 5.74) is 1.37. The zero-order valence-electron chi connectivity index (χ0n) is 13.5. The molecule has 0 unspecified atom stereocenters. The molecule has 0 amide bonds. The summed E-state index contributed by atoms with van der Waals surface area (Å²) in [4.78, 5) is 0.451. The van der Waals surface area contributed by atoms with Gasteiger partial charge >= 0.3 is 29.6 Å². The number of hydrogen-bond acceptors (Lipinski definition) is 4. The van der Waals surface area contributed by atoms with Crippen LogP contribution in [0.2, 0.25) is 0 Å². The van der Waals surface area contributed by atoms with Gasteiger partial charge in [0.25, 0.3) is 10.0 Å². The summed E-state index contributed by atoms with van der Waals surface area (Å²) in [6.07, 6.45) is 4.91. The summed E-state index contributed by atoms with van der Waals surface area (Å²) >= 11 is 0.906. The fraction of sp³-hybridized carbons (Fsp3) is 0.188. The number of fused-ring (bicyclic) bond motifs is 1. The maximum Gasteiger partial charge on any atom is 1.00 e. The van der Waals surface area contributed by atoms with Crippen LogP contribution in [-0.2, 0) is 10.0 Å². The summed E-state index contributed by atoms with van der Waals surface area (Å²) in [5, 5.41) is 11.9. The van der Waals surface area contributed by atoms with Gasteiger partial charge in [0.05, 0.1) is 12.0 Å². The third-order valence-corrected chi connectivity index (χ3v) is 5.11. The zero-order chi connectivity index (χ0) is 17.5. The fourth-order valence-electron chi connectivity index (χ4n) is 2.47. The molecule has 0 fully saturated rings. The Kier molecular flexibility index (Phi) is 6.32. The van der Waals surface area contributed by atoms with Crippen molar-refractivity contribution in [3.8, 4) is 0 Å². The smallest absolute Gasteiger partial charge is 0.875 e. The van der Waals surface area contributed by atoms with Crippen LogP contribution < -0.4 is 34.7 Å². The van der Waals surface area contributed by atoms with Crippen LogP contribution in [0.4, 0.5) is 8.78 Å². The van der Waals surface area contributed by atoms with Crippen molar-refractivity contribution in [2.24, 2.45) is 4.40 Å². The quantitative estimate of drug-likeness (QED) is 0.663. The van der Waals surface area contributed by atoms with Gasteiger partial charge in [-0.05, 0) is 48.3 Å². The van der Waals surface area contributed by atoms with Crippen LogP contribution in [0.5, 0.6) is 0 Å². The molecule has 0 radical (unpaired) electrons. The van der Waals surface area contributed by atoms with Crippen molar-refractivity contribution in [3.63, 3.8) is 0 Å². The first-order valence-electron chi connectivity index (χ1n) is 6.99. The average Bonchev–Trinajstić information content (AvgIpc) is 2.81. The third-order valence-electron chi connectivity index (χ3n) is 3.48. The van der Waals surface area contributed by atoms with E-state index in [2.05, 4.69) is 4.40 Å². The third kappa shape index (κ3) is 4.83. The van der Waals surface area contributed by atoms with E-state index >= 15 is 0 Å². The first kappa shape index (κ1) is 20.4. The van der Waals surface area contributed by atoms with E-state index in [0.717, 1.165) is 35.7 Å². The second kappa shape index (κ2) is 7.75. The summed E-state index contributed by atoms with van der Waals surface area (Å²) in [6.45, 7) is 0. The Balaban J connectivity index is 0.00000225. The van der Waals surface area contributed by atoms with E-state index in [-0.39, 0.29) is 45.9 Å². The number of hydrogen-bond donors (Lipinski definition) is 0. The summed E-state index contributed by atoms with van der Waals surface area (Å²) in [5.74, 6) is -1.52. The van der Waals surface area contributed by atoms with Crippen LogP contribution in [0.1, 0.15) is 12.8 Å². The molecule has 0 atom stereocenters. The SMILES string of the molecule is CS(=O)(=O)/N=C1\C=C2CCC([O-])=C2C=C1Sc1ccc(F)cc1F.[Na+]. The van der Waals surface area contributed by atoms with E-state index in [4.69, 9.17) is 0 Å². The van der Waals surface area contributed by atoms with Crippen molar-refractivity contribution < 1.29 is 51.9 Å². The molecule has 1 aromatic carbocycles. The zero-order valence-corrected chi connectivity index (χ0v) is 17.2. The molecule has 25 heavy (non-hydrogen) atoms. The average molecular weight is 391 g/mol. The van der Waals surface area contributed by atoms with Gasteiger partial charge in [0.1, 0.15) is 11.6 Å². The molecule has 9 heteroatoms. The Morgan fingerprint density at radius 1 is 1.20 bits per heavy atom. The van der Waals surface area contributed by atoms with E-state index in [0.29, 0.717) is 23.3 Å². The largest absolute Gasteiger partial charge is 1.00 e. The normalized spacial score (nSPS) is 18.6. The molecule has 0 spiro atoms. The predicted octanol–water partition coefficient (Wildman–Crippen LogP) is -0.306. The molecule has 0 saturated heterocycles. The molecule has 0 N–H and O–H groups in total. The van der Waals surface area contributed by atoms with Gasteiger partial charge in [0.15, 0.2) is 0 Å². The standard InChI is InChI=1S/C16H13F2NO3S2.Na/c1-24(21,22)19-13-6-9-2-4-14(20)11(9)8-16(13)23-15-5-3-10(17)7-12(15)18;/h3,5-8,20H,2,4H2,1H3;/q;+1/p-1/b19-13+;. The molecule has 0 saturated carbocycles. The number of benzene rings is 1. The Labute approximate surface area is 170 Å². The Morgan fingerprint density at radius 2 is 1.92 bits per heavy atom. The second-order valence-corrected chi connectivity index (χ2v) is 8.13. The number of sulfonamides is 1. The van der Waals surface area contributed by atoms with Crippen LogP contribution in [0.15, 0.2) is 61.5 Å².